The summed E-state index contributed by atoms with van der Waals surface area (Å²) in [6, 6.07) is -0.298. The molecule has 4 heteroatoms. The quantitative estimate of drug-likeness (QED) is 0.775. The van der Waals surface area contributed by atoms with Gasteiger partial charge in [-0.05, 0) is 39.2 Å². The summed E-state index contributed by atoms with van der Waals surface area (Å²) >= 11 is 0. The molecule has 1 saturated heterocycles. The number of likely N-dealkylation sites (tertiary alicyclic amines) is 1. The molecule has 1 aliphatic heterocycles. The molecule has 4 nitrogen and oxygen atoms in total. The second kappa shape index (κ2) is 5.83. The van der Waals surface area contributed by atoms with Gasteiger partial charge in [0.2, 0.25) is 11.8 Å². The predicted molar refractivity (Wildman–Crippen MR) is 70.0 cm³/mol. The van der Waals surface area contributed by atoms with Crippen molar-refractivity contribution in [1.29, 1.82) is 0 Å². The Labute approximate surface area is 109 Å². The van der Waals surface area contributed by atoms with Gasteiger partial charge in [-0.25, -0.2) is 0 Å². The van der Waals surface area contributed by atoms with Crippen LogP contribution in [0.3, 0.4) is 0 Å². The van der Waals surface area contributed by atoms with Gasteiger partial charge >= 0.3 is 0 Å². The van der Waals surface area contributed by atoms with Crippen LogP contribution in [0.4, 0.5) is 0 Å². The first-order valence-corrected chi connectivity index (χ1v) is 7.19. The highest BCUT2D eigenvalue weighted by molar-refractivity contribution is 6.05. The number of carbonyl (C=O) groups excluding carboxylic acids is 2. The summed E-state index contributed by atoms with van der Waals surface area (Å²) in [5.74, 6) is 0.622. The van der Waals surface area contributed by atoms with Gasteiger partial charge in [-0.15, -0.1) is 0 Å². The van der Waals surface area contributed by atoms with Gasteiger partial charge in [0.05, 0.1) is 12.5 Å². The van der Waals surface area contributed by atoms with Gasteiger partial charge in [-0.2, -0.15) is 0 Å². The molecule has 1 saturated carbocycles. The van der Waals surface area contributed by atoms with Crippen molar-refractivity contribution in [3.63, 3.8) is 0 Å². The molecule has 1 atom stereocenters. The molecule has 2 aliphatic rings. The normalized spacial score (nSPS) is 26.4. The van der Waals surface area contributed by atoms with Gasteiger partial charge in [0, 0.05) is 6.04 Å². The molecule has 0 aromatic carbocycles. The molecule has 0 spiro atoms. The van der Waals surface area contributed by atoms with Crippen molar-refractivity contribution in [1.82, 2.24) is 10.2 Å². The maximum Gasteiger partial charge on any atom is 0.247 e. The lowest BCUT2D eigenvalue weighted by molar-refractivity contribution is -0.140. The van der Waals surface area contributed by atoms with Crippen LogP contribution in [0.1, 0.15) is 52.4 Å². The number of carbonyl (C=O) groups is 2. The summed E-state index contributed by atoms with van der Waals surface area (Å²) in [7, 11) is 0. The molecule has 2 amide bonds. The maximum absolute atomic E-state index is 12.1. The Hall–Kier alpha value is -0.900. The van der Waals surface area contributed by atoms with E-state index in [9.17, 15) is 9.59 Å². The second-order valence-corrected chi connectivity index (χ2v) is 5.86. The van der Waals surface area contributed by atoms with Crippen molar-refractivity contribution >= 4 is 11.8 Å². The van der Waals surface area contributed by atoms with E-state index in [2.05, 4.69) is 5.32 Å². The lowest BCUT2D eigenvalue weighted by Gasteiger charge is -2.23. The van der Waals surface area contributed by atoms with Crippen LogP contribution in [0.5, 0.6) is 0 Å². The predicted octanol–water partition coefficient (Wildman–Crippen LogP) is 1.69. The lowest BCUT2D eigenvalue weighted by atomic mass is 9.89. The Balaban J connectivity index is 1.83. The molecule has 1 aliphatic carbocycles. The van der Waals surface area contributed by atoms with E-state index < -0.39 is 0 Å². The monoisotopic (exact) mass is 252 g/mol. The van der Waals surface area contributed by atoms with Gasteiger partial charge in [-0.3, -0.25) is 14.5 Å². The fourth-order valence-corrected chi connectivity index (χ4v) is 3.05. The minimum Gasteiger partial charge on any atom is -0.305 e. The third-order valence-electron chi connectivity index (χ3n) is 4.08. The van der Waals surface area contributed by atoms with E-state index in [0.29, 0.717) is 12.3 Å². The standard InChI is InChI=1S/C14H24N2O2/c1-10(2)16-13(17)8-12(14(16)18)15-9-11-6-4-3-5-7-11/h10-12,15H,3-9H2,1-2H3. The highest BCUT2D eigenvalue weighted by Crippen LogP contribution is 2.23. The van der Waals surface area contributed by atoms with E-state index in [-0.39, 0.29) is 23.9 Å². The van der Waals surface area contributed by atoms with E-state index >= 15 is 0 Å². The van der Waals surface area contributed by atoms with Crippen molar-refractivity contribution < 1.29 is 9.59 Å². The van der Waals surface area contributed by atoms with E-state index in [1.807, 2.05) is 13.8 Å². The van der Waals surface area contributed by atoms with Gasteiger partial charge in [0.25, 0.3) is 0 Å². The molecule has 0 radical (unpaired) electrons. The summed E-state index contributed by atoms with van der Waals surface area (Å²) in [5, 5.41) is 3.30. The Morgan fingerprint density at radius 3 is 2.44 bits per heavy atom. The van der Waals surface area contributed by atoms with Gasteiger partial charge in [0.1, 0.15) is 0 Å². The first kappa shape index (κ1) is 13.5. The van der Waals surface area contributed by atoms with Crippen molar-refractivity contribution in [3.05, 3.63) is 0 Å². The summed E-state index contributed by atoms with van der Waals surface area (Å²) in [6.07, 6.45) is 6.82. The minimum atomic E-state index is -0.276. The molecule has 1 unspecified atom stereocenters. The average molecular weight is 252 g/mol. The molecule has 2 fully saturated rings. The van der Waals surface area contributed by atoms with Crippen molar-refractivity contribution in [2.45, 2.75) is 64.5 Å². The van der Waals surface area contributed by atoms with Gasteiger partial charge in [-0.1, -0.05) is 19.3 Å². The molecule has 1 N–H and O–H groups in total. The van der Waals surface area contributed by atoms with Crippen molar-refractivity contribution in [3.8, 4) is 0 Å². The summed E-state index contributed by atoms with van der Waals surface area (Å²) in [6.45, 7) is 4.66. The fourth-order valence-electron chi connectivity index (χ4n) is 3.05. The molecular weight excluding hydrogens is 228 g/mol. The van der Waals surface area contributed by atoms with Gasteiger partial charge in [0.15, 0.2) is 0 Å². The molecular formula is C14H24N2O2. The van der Waals surface area contributed by atoms with E-state index in [4.69, 9.17) is 0 Å². The van der Waals surface area contributed by atoms with Gasteiger partial charge < -0.3 is 5.32 Å². The zero-order chi connectivity index (χ0) is 13.1. The number of rotatable bonds is 4. The van der Waals surface area contributed by atoms with Crippen molar-refractivity contribution in [2.24, 2.45) is 5.92 Å². The Morgan fingerprint density at radius 1 is 1.22 bits per heavy atom. The lowest BCUT2D eigenvalue weighted by Crippen LogP contribution is -2.43. The van der Waals surface area contributed by atoms with Crippen LogP contribution in [0.25, 0.3) is 0 Å². The molecule has 0 aromatic rings. The van der Waals surface area contributed by atoms with E-state index in [1.54, 1.807) is 0 Å². The van der Waals surface area contributed by atoms with Crippen molar-refractivity contribution in [2.75, 3.05) is 6.54 Å². The molecule has 0 aromatic heterocycles. The van der Waals surface area contributed by atoms with Crippen LogP contribution in [0.15, 0.2) is 0 Å². The molecule has 2 rings (SSSR count). The highest BCUT2D eigenvalue weighted by atomic mass is 16.2. The largest absolute Gasteiger partial charge is 0.305 e. The number of nitrogens with zero attached hydrogens (tertiary/aromatic N) is 1. The smallest absolute Gasteiger partial charge is 0.247 e. The zero-order valence-electron chi connectivity index (χ0n) is 11.4. The van der Waals surface area contributed by atoms with Crippen LogP contribution in [0, 0.1) is 5.92 Å². The average Bonchev–Trinajstić information content (AvgIpc) is 2.63. The van der Waals surface area contributed by atoms with Crippen LogP contribution in [-0.2, 0) is 9.59 Å². The van der Waals surface area contributed by atoms with E-state index in [0.717, 1.165) is 6.54 Å². The number of hydrogen-bond donors (Lipinski definition) is 1. The third-order valence-corrected chi connectivity index (χ3v) is 4.08. The van der Waals surface area contributed by atoms with Crippen LogP contribution >= 0.6 is 0 Å². The summed E-state index contributed by atoms with van der Waals surface area (Å²) < 4.78 is 0. The SMILES string of the molecule is CC(C)N1C(=O)CC(NCC2CCCCC2)C1=O. The Morgan fingerprint density at radius 2 is 1.89 bits per heavy atom. The number of nitrogens with one attached hydrogen (secondary N) is 1. The highest BCUT2D eigenvalue weighted by Gasteiger charge is 2.39. The molecule has 18 heavy (non-hydrogen) atoms. The Kier molecular flexibility index (Phi) is 4.38. The summed E-state index contributed by atoms with van der Waals surface area (Å²) in [5.41, 5.74) is 0. The third kappa shape index (κ3) is 2.91. The minimum absolute atomic E-state index is 0.0218. The topological polar surface area (TPSA) is 49.4 Å². The van der Waals surface area contributed by atoms with Crippen LogP contribution in [-0.4, -0.2) is 35.3 Å². The van der Waals surface area contributed by atoms with E-state index in [1.165, 1.54) is 37.0 Å². The van der Waals surface area contributed by atoms with Crippen LogP contribution < -0.4 is 5.32 Å². The zero-order valence-corrected chi connectivity index (χ0v) is 11.4. The molecule has 102 valence electrons. The first-order valence-electron chi connectivity index (χ1n) is 7.19. The van der Waals surface area contributed by atoms with Crippen LogP contribution in [0.2, 0.25) is 0 Å². The summed E-state index contributed by atoms with van der Waals surface area (Å²) in [4.78, 5) is 25.2. The second-order valence-electron chi connectivity index (χ2n) is 5.86. The number of amides is 2. The maximum atomic E-state index is 12.1. The Bertz CT molecular complexity index is 322. The first-order chi connectivity index (χ1) is 8.59. The number of imide groups is 1. The fraction of sp³-hybridized carbons (Fsp3) is 0.857. The molecule has 0 bridgehead atoms. The molecule has 1 heterocycles. The number of hydrogen-bond acceptors (Lipinski definition) is 3.